The molecule has 0 radical (unpaired) electrons. The first-order chi connectivity index (χ1) is 14.6. The van der Waals surface area contributed by atoms with E-state index in [1.807, 2.05) is 0 Å². The van der Waals surface area contributed by atoms with Crippen LogP contribution >= 0.6 is 0 Å². The summed E-state index contributed by atoms with van der Waals surface area (Å²) >= 11 is 0. The summed E-state index contributed by atoms with van der Waals surface area (Å²) in [6.07, 6.45) is 0. The van der Waals surface area contributed by atoms with Crippen LogP contribution in [0.4, 0.5) is 0 Å². The maximum Gasteiger partial charge on any atom is 0.192 e. The van der Waals surface area contributed by atoms with Gasteiger partial charge in [0.25, 0.3) is 0 Å². The third-order valence-electron chi connectivity index (χ3n) is 6.43. The summed E-state index contributed by atoms with van der Waals surface area (Å²) in [4.78, 5) is 0. The molecule has 0 heterocycles. The van der Waals surface area contributed by atoms with Crippen molar-refractivity contribution in [2.24, 2.45) is 0 Å². The van der Waals surface area contributed by atoms with Crippen LogP contribution in [0.2, 0.25) is 0 Å². The molecule has 0 aromatic heterocycles. The standard InChI is InChI=1S/C28H28B2/c1-21-13-5-9-17-25(21)29(26-18-10-6-14-22(26)2)30(27-19-11-7-15-23(27)3)28-20-12-8-16-24(28)4/h5-20H,1-4H3. The molecule has 0 nitrogen and oxygen atoms in total. The van der Waals surface area contributed by atoms with Crippen molar-refractivity contribution in [3.05, 3.63) is 119 Å². The van der Waals surface area contributed by atoms with Crippen LogP contribution in [0.1, 0.15) is 22.3 Å². The Morgan fingerprint density at radius 2 is 0.533 bits per heavy atom. The molecule has 0 N–H and O–H groups in total. The molecule has 0 spiro atoms. The second kappa shape index (κ2) is 8.79. The molecule has 4 aromatic carbocycles. The van der Waals surface area contributed by atoms with Crippen LogP contribution in [-0.4, -0.2) is 13.2 Å². The average molecular weight is 386 g/mol. The molecule has 0 atom stereocenters. The number of rotatable bonds is 5. The van der Waals surface area contributed by atoms with Crippen molar-refractivity contribution in [2.45, 2.75) is 27.7 Å². The first-order valence-corrected chi connectivity index (χ1v) is 10.8. The summed E-state index contributed by atoms with van der Waals surface area (Å²) in [6, 6.07) is 35.5. The van der Waals surface area contributed by atoms with Gasteiger partial charge >= 0.3 is 0 Å². The van der Waals surface area contributed by atoms with E-state index in [9.17, 15) is 0 Å². The minimum atomic E-state index is 0.245. The number of aryl methyl sites for hydroxylation is 4. The molecule has 0 unspecified atom stereocenters. The van der Waals surface area contributed by atoms with Crippen LogP contribution in [0.3, 0.4) is 0 Å². The molecule has 0 aliphatic carbocycles. The molecule has 0 saturated carbocycles. The third-order valence-corrected chi connectivity index (χ3v) is 6.43. The van der Waals surface area contributed by atoms with Gasteiger partial charge in [0, 0.05) is 0 Å². The smallest absolute Gasteiger partial charge is 0.0786 e. The van der Waals surface area contributed by atoms with Crippen LogP contribution in [0.25, 0.3) is 0 Å². The van der Waals surface area contributed by atoms with Crippen molar-refractivity contribution in [3.63, 3.8) is 0 Å². The Bertz CT molecular complexity index is 978. The van der Waals surface area contributed by atoms with E-state index >= 15 is 0 Å². The Kier molecular flexibility index (Phi) is 5.95. The van der Waals surface area contributed by atoms with Gasteiger partial charge in [-0.25, -0.2) is 0 Å². The Morgan fingerprint density at radius 1 is 0.333 bits per heavy atom. The highest BCUT2D eigenvalue weighted by Crippen LogP contribution is 2.09. The zero-order chi connectivity index (χ0) is 21.1. The lowest BCUT2D eigenvalue weighted by molar-refractivity contribution is 1.48. The number of benzene rings is 4. The molecule has 0 fully saturated rings. The zero-order valence-corrected chi connectivity index (χ0v) is 18.4. The van der Waals surface area contributed by atoms with Crippen LogP contribution in [-0.2, 0) is 0 Å². The molecular formula is C28H28B2. The summed E-state index contributed by atoms with van der Waals surface area (Å²) in [7, 11) is 0. The Morgan fingerprint density at radius 3 is 0.733 bits per heavy atom. The average Bonchev–Trinajstić information content (AvgIpc) is 2.75. The molecule has 0 amide bonds. The Labute approximate surface area is 182 Å². The van der Waals surface area contributed by atoms with Crippen molar-refractivity contribution in [3.8, 4) is 0 Å². The fourth-order valence-corrected chi connectivity index (χ4v) is 4.80. The van der Waals surface area contributed by atoms with Crippen LogP contribution in [0.5, 0.6) is 0 Å². The quantitative estimate of drug-likeness (QED) is 0.457. The monoisotopic (exact) mass is 386 g/mol. The number of hydrogen-bond acceptors (Lipinski definition) is 0. The van der Waals surface area contributed by atoms with Gasteiger partial charge in [-0.2, -0.15) is 0 Å². The van der Waals surface area contributed by atoms with E-state index in [0.29, 0.717) is 0 Å². The van der Waals surface area contributed by atoms with E-state index in [2.05, 4.69) is 125 Å². The zero-order valence-electron chi connectivity index (χ0n) is 18.4. The molecule has 0 aliphatic heterocycles. The van der Waals surface area contributed by atoms with Gasteiger partial charge in [0.15, 0.2) is 13.2 Å². The summed E-state index contributed by atoms with van der Waals surface area (Å²) < 4.78 is 0. The SMILES string of the molecule is Cc1ccccc1B(B(c1ccccc1C)c1ccccc1C)c1ccccc1C. The minimum absolute atomic E-state index is 0.245. The molecule has 4 aromatic rings. The summed E-state index contributed by atoms with van der Waals surface area (Å²) in [6.45, 7) is 9.46. The molecule has 0 aliphatic rings. The lowest BCUT2D eigenvalue weighted by Crippen LogP contribution is -2.67. The molecule has 2 heteroatoms. The van der Waals surface area contributed by atoms with E-state index < -0.39 is 0 Å². The lowest BCUT2D eigenvalue weighted by atomic mass is 9.01. The van der Waals surface area contributed by atoms with Gasteiger partial charge in [0.05, 0.1) is 0 Å². The van der Waals surface area contributed by atoms with Gasteiger partial charge in [0.2, 0.25) is 0 Å². The largest absolute Gasteiger partial charge is 0.192 e. The highest BCUT2D eigenvalue weighted by molar-refractivity contribution is 7.42. The Hall–Kier alpha value is -2.99. The maximum atomic E-state index is 2.32. The second-order valence-corrected chi connectivity index (χ2v) is 8.38. The van der Waals surface area contributed by atoms with Gasteiger partial charge in [-0.3, -0.25) is 0 Å². The van der Waals surface area contributed by atoms with Crippen molar-refractivity contribution in [2.75, 3.05) is 0 Å². The van der Waals surface area contributed by atoms with Gasteiger partial charge < -0.3 is 0 Å². The molecule has 4 rings (SSSR count). The maximum absolute atomic E-state index is 2.32. The highest BCUT2D eigenvalue weighted by Gasteiger charge is 2.37. The van der Waals surface area contributed by atoms with E-state index in [0.717, 1.165) is 0 Å². The lowest BCUT2D eigenvalue weighted by Gasteiger charge is -2.28. The van der Waals surface area contributed by atoms with Gasteiger partial charge in [-0.15, -0.1) is 0 Å². The second-order valence-electron chi connectivity index (χ2n) is 8.38. The molecule has 0 bridgehead atoms. The van der Waals surface area contributed by atoms with E-state index in [-0.39, 0.29) is 13.2 Å². The fourth-order valence-electron chi connectivity index (χ4n) is 4.80. The predicted molar refractivity (Wildman–Crippen MR) is 135 cm³/mol. The van der Waals surface area contributed by atoms with Crippen molar-refractivity contribution in [1.82, 2.24) is 0 Å². The van der Waals surface area contributed by atoms with Gasteiger partial charge in [-0.05, 0) is 27.7 Å². The van der Waals surface area contributed by atoms with Gasteiger partial charge in [-0.1, -0.05) is 141 Å². The van der Waals surface area contributed by atoms with Crippen molar-refractivity contribution in [1.29, 1.82) is 0 Å². The molecule has 0 saturated heterocycles. The first-order valence-electron chi connectivity index (χ1n) is 10.8. The van der Waals surface area contributed by atoms with Crippen LogP contribution in [0.15, 0.2) is 97.1 Å². The van der Waals surface area contributed by atoms with Crippen molar-refractivity contribution >= 4 is 35.1 Å². The molecular weight excluding hydrogens is 358 g/mol. The summed E-state index contributed by atoms with van der Waals surface area (Å²) in [5, 5.41) is 0. The predicted octanol–water partition coefficient (Wildman–Crippen LogP) is 3.92. The molecule has 146 valence electrons. The number of hydrogen-bond donors (Lipinski definition) is 0. The van der Waals surface area contributed by atoms with Gasteiger partial charge in [0.1, 0.15) is 0 Å². The topological polar surface area (TPSA) is 0 Å². The summed E-state index contributed by atoms with van der Waals surface area (Å²) in [5.74, 6) is 0. The van der Waals surface area contributed by atoms with Crippen LogP contribution < -0.4 is 21.9 Å². The van der Waals surface area contributed by atoms with E-state index in [4.69, 9.17) is 0 Å². The van der Waals surface area contributed by atoms with Crippen molar-refractivity contribution < 1.29 is 0 Å². The first kappa shape index (κ1) is 20.3. The van der Waals surface area contributed by atoms with Crippen LogP contribution in [0, 0.1) is 27.7 Å². The normalized spacial score (nSPS) is 10.7. The highest BCUT2D eigenvalue weighted by atomic mass is 14.0. The summed E-state index contributed by atoms with van der Waals surface area (Å²) in [5.41, 5.74) is 11.0. The van der Waals surface area contributed by atoms with E-state index in [1.165, 1.54) is 44.1 Å². The minimum Gasteiger partial charge on any atom is -0.0786 e. The Balaban J connectivity index is 2.06. The third kappa shape index (κ3) is 3.87. The fraction of sp³-hybridized carbons (Fsp3) is 0.143. The molecule has 30 heavy (non-hydrogen) atoms. The van der Waals surface area contributed by atoms with E-state index in [1.54, 1.807) is 0 Å².